The quantitative estimate of drug-likeness (QED) is 0.115. The van der Waals surface area contributed by atoms with E-state index in [1.807, 2.05) is 147 Å². The van der Waals surface area contributed by atoms with Crippen molar-refractivity contribution in [2.75, 3.05) is 0 Å². The first-order valence-electron chi connectivity index (χ1n) is 39.5. The molecule has 0 fully saturated rings. The summed E-state index contributed by atoms with van der Waals surface area (Å²) in [5, 5.41) is 0. The molecule has 0 saturated heterocycles. The van der Waals surface area contributed by atoms with Gasteiger partial charge in [0.15, 0.2) is 37.2 Å². The largest absolute Gasteiger partial charge is 0.212 e. The van der Waals surface area contributed by atoms with E-state index in [1.54, 1.807) is 36.4 Å². The third kappa shape index (κ3) is 21.1. The van der Waals surface area contributed by atoms with Crippen LogP contribution in [0.2, 0.25) is 0 Å². The summed E-state index contributed by atoms with van der Waals surface area (Å²) in [5.41, 5.74) is 26.0. The average Bonchev–Trinajstić information content (AvgIpc) is 0.785. The molecule has 12 rings (SSSR count). The molecule has 0 N–H and O–H groups in total. The van der Waals surface area contributed by atoms with Crippen LogP contribution >= 0.6 is 0 Å². The van der Waals surface area contributed by atoms with Gasteiger partial charge >= 0.3 is 0 Å². The van der Waals surface area contributed by atoms with Crippen molar-refractivity contribution in [2.24, 2.45) is 48.2 Å². The summed E-state index contributed by atoms with van der Waals surface area (Å²) >= 11 is 0. The zero-order valence-electron chi connectivity index (χ0n) is 72.4. The molecule has 498 valence electrons. The molecule has 0 amide bonds. The summed E-state index contributed by atoms with van der Waals surface area (Å²) < 4.78 is 103. The molecule has 6 nitrogen and oxygen atoms in total. The lowest BCUT2D eigenvalue weighted by atomic mass is 9.96. The van der Waals surface area contributed by atoms with Crippen molar-refractivity contribution in [3.8, 4) is 67.5 Å². The molecule has 0 spiro atoms. The van der Waals surface area contributed by atoms with Gasteiger partial charge in [0.2, 0.25) is 34.2 Å². The lowest BCUT2D eigenvalue weighted by Crippen LogP contribution is -2.30. The summed E-state index contributed by atoms with van der Waals surface area (Å²) in [4.78, 5) is 0. The van der Waals surface area contributed by atoms with E-state index in [4.69, 9.17) is 16.4 Å². The van der Waals surface area contributed by atoms with Crippen LogP contribution in [0.15, 0.2) is 256 Å². The Balaban J connectivity index is 0.000000183. The van der Waals surface area contributed by atoms with Crippen molar-refractivity contribution in [3.05, 3.63) is 322 Å². The van der Waals surface area contributed by atoms with Crippen LogP contribution in [0.5, 0.6) is 0 Å². The smallest absolute Gasteiger partial charge is 0.201 e. The number of hydrogen-bond acceptors (Lipinski definition) is 0. The molecule has 1 unspecified atom stereocenters. The third-order valence-corrected chi connectivity index (χ3v) is 17.3. The molecule has 6 heterocycles. The van der Waals surface area contributed by atoms with E-state index in [9.17, 15) is 0 Å². The second kappa shape index (κ2) is 36.4. The molecule has 0 aliphatic heterocycles. The molecule has 0 aliphatic carbocycles. The highest BCUT2D eigenvalue weighted by Crippen LogP contribution is 2.28. The van der Waals surface area contributed by atoms with Crippen LogP contribution in [-0.4, -0.2) is 0 Å². The SMILES string of the molecule is CCc1ccc(-c2cccc[n+]2C)c(C)c1.Cc1cc(CC(C)C)ccc1-c1cccc[n+]1C.Cc1ccc(C)c(-c2cccc[n+]2C)c1.[2H]C([2H])([2H])C([2H])(C)c1ccc(-c2cccc[n+]2C)c(C)c1.[2H]C([2H])([2H])C([2H])([2H])c1ccc(-c2cccc[n+]2C)c(C)c1.[2H]C([2H])([2H])c1ccc(-c2cccc[n+]2C)c(C)c1. The molecule has 97 heavy (non-hydrogen) atoms. The number of nitrogens with zero attached hydrogens (tertiary/aromatic N) is 6. The Bertz CT molecular complexity index is 4940. The van der Waals surface area contributed by atoms with Crippen LogP contribution < -0.4 is 27.4 Å². The lowest BCUT2D eigenvalue weighted by Gasteiger charge is -2.09. The van der Waals surface area contributed by atoms with Gasteiger partial charge < -0.3 is 0 Å². The molecule has 1 atom stereocenters. The van der Waals surface area contributed by atoms with Gasteiger partial charge in [-0.05, 0) is 215 Å². The van der Waals surface area contributed by atoms with Gasteiger partial charge in [-0.25, -0.2) is 27.4 Å². The van der Waals surface area contributed by atoms with E-state index in [2.05, 4.69) is 211 Å². The van der Waals surface area contributed by atoms with Gasteiger partial charge in [0.1, 0.15) is 42.3 Å². The minimum Gasteiger partial charge on any atom is -0.201 e. The third-order valence-electron chi connectivity index (χ3n) is 17.3. The summed E-state index contributed by atoms with van der Waals surface area (Å²) in [6.07, 6.45) is 12.0. The predicted octanol–water partition coefficient (Wildman–Crippen LogP) is 19.0. The molecule has 0 aliphatic rings. The van der Waals surface area contributed by atoms with Gasteiger partial charge in [0.05, 0.1) is 0 Å². The highest BCUT2D eigenvalue weighted by Gasteiger charge is 2.17. The van der Waals surface area contributed by atoms with Crippen molar-refractivity contribution in [1.82, 2.24) is 0 Å². The number of aryl methyl sites for hydroxylation is 16. The van der Waals surface area contributed by atoms with E-state index >= 15 is 0 Å². The number of pyridine rings is 6. The van der Waals surface area contributed by atoms with E-state index in [-0.39, 0.29) is 5.56 Å². The van der Waals surface area contributed by atoms with Gasteiger partial charge in [0.25, 0.3) is 0 Å². The Labute approximate surface area is 601 Å². The van der Waals surface area contributed by atoms with E-state index < -0.39 is 32.8 Å². The first kappa shape index (κ1) is 58.6. The van der Waals surface area contributed by atoms with Crippen molar-refractivity contribution in [3.63, 3.8) is 0 Å². The summed E-state index contributed by atoms with van der Waals surface area (Å²) in [6, 6.07) is 72.5. The Morgan fingerprint density at radius 2 is 0.680 bits per heavy atom. The van der Waals surface area contributed by atoms with E-state index in [0.29, 0.717) is 17.0 Å². The lowest BCUT2D eigenvalue weighted by molar-refractivity contribution is -0.660. The molecule has 0 bridgehead atoms. The van der Waals surface area contributed by atoms with Crippen LogP contribution in [-0.2, 0) is 61.5 Å². The van der Waals surface area contributed by atoms with E-state index in [1.165, 1.54) is 74.1 Å². The van der Waals surface area contributed by atoms with Crippen LogP contribution in [0.1, 0.15) is 131 Å². The Morgan fingerprint density at radius 1 is 0.340 bits per heavy atom. The fraction of sp³-hybridized carbons (Fsp3) is 0.275. The number of aromatic nitrogens is 6. The maximum Gasteiger partial charge on any atom is 0.212 e. The zero-order chi connectivity index (χ0) is 80.5. The van der Waals surface area contributed by atoms with Gasteiger partial charge in [-0.15, -0.1) is 0 Å². The van der Waals surface area contributed by atoms with Gasteiger partial charge in [-0.3, -0.25) is 0 Å². The second-order valence-electron chi connectivity index (χ2n) is 25.6. The van der Waals surface area contributed by atoms with Crippen molar-refractivity contribution < 1.29 is 43.9 Å². The van der Waals surface area contributed by atoms with Crippen LogP contribution in [0.3, 0.4) is 0 Å². The molecule has 0 radical (unpaired) electrons. The Kier molecular flexibility index (Phi) is 22.0. The zero-order valence-corrected chi connectivity index (χ0v) is 60.4. The molecule has 12 aromatic rings. The van der Waals surface area contributed by atoms with Crippen LogP contribution in [0.4, 0.5) is 0 Å². The number of rotatable bonds is 11. The molecule has 0 saturated carbocycles. The second-order valence-corrected chi connectivity index (χ2v) is 25.6. The first-order valence-corrected chi connectivity index (χ1v) is 33.5. The minimum atomic E-state index is -2.68. The van der Waals surface area contributed by atoms with Crippen LogP contribution in [0, 0.1) is 61.2 Å². The van der Waals surface area contributed by atoms with Gasteiger partial charge in [-0.1, -0.05) is 125 Å². The number of hydrogen-bond donors (Lipinski definition) is 0. The highest BCUT2D eigenvalue weighted by atomic mass is 14.9. The topological polar surface area (TPSA) is 23.3 Å². The molecule has 6 heteroatoms. The maximum absolute atomic E-state index is 8.17. The minimum absolute atomic E-state index is 0.183. The first-order chi connectivity index (χ1) is 51.2. The maximum atomic E-state index is 8.17. The van der Waals surface area contributed by atoms with Crippen molar-refractivity contribution >= 4 is 0 Å². The highest BCUT2D eigenvalue weighted by molar-refractivity contribution is 5.66. The molecular formula is C91H110N6+6. The van der Waals surface area contributed by atoms with Gasteiger partial charge in [-0.2, -0.15) is 0 Å². The van der Waals surface area contributed by atoms with E-state index in [0.717, 1.165) is 63.3 Å². The Morgan fingerprint density at radius 3 is 1.03 bits per heavy atom. The van der Waals surface area contributed by atoms with Crippen LogP contribution in [0.25, 0.3) is 67.5 Å². The summed E-state index contributed by atoms with van der Waals surface area (Å²) in [5.74, 6) is -0.891. The fourth-order valence-electron chi connectivity index (χ4n) is 11.8. The Hall–Kier alpha value is -9.78. The fourth-order valence-corrected chi connectivity index (χ4v) is 11.8. The standard InChI is InChI=1S/C17H22N.C16H20N.2C15H18N.2C14H16N/c1-13(2)11-15-8-9-16(14(3)12-15)17-7-5-6-10-18(17)4;1-12(2)14-8-9-15(13(3)11-14)16-7-5-6-10-17(16)4;2*1-4-13-8-9-14(12(2)11-13)15-7-5-6-10-16(15)3;1-11-7-8-13(12(2)10-11)14-6-4-5-9-15(14)3;1-11-7-8-12(2)13(10-11)14-6-4-5-9-15(14)3/h5-10,12-13H,11H2,1-4H3;5-12H,1-4H3;2*5-11H,4H2,1-3H3;2*4-10H,1-3H3/q6*+1/i;1D3,12D;1D3,4D2;;1D3;. The molecule has 6 aromatic carbocycles. The predicted molar refractivity (Wildman–Crippen MR) is 408 cm³/mol. The number of benzene rings is 6. The normalized spacial score (nSPS) is 13.5. The van der Waals surface area contributed by atoms with Gasteiger partial charge in [0, 0.05) is 123 Å². The average molecular weight is 1300 g/mol. The summed E-state index contributed by atoms with van der Waals surface area (Å²) in [7, 11) is 12.1. The molecule has 6 aromatic heterocycles. The molecular weight excluding hydrogens is 1180 g/mol. The summed E-state index contributed by atoms with van der Waals surface area (Å²) in [6.45, 7) is 15.5. The van der Waals surface area contributed by atoms with Crippen molar-refractivity contribution in [2.45, 2.75) is 122 Å². The monoisotopic (exact) mass is 1300 g/mol. The van der Waals surface area contributed by atoms with Crippen molar-refractivity contribution in [1.29, 1.82) is 0 Å².